The minimum absolute atomic E-state index is 0.147. The van der Waals surface area contributed by atoms with Crippen LogP contribution in [0.5, 0.6) is 0 Å². The van der Waals surface area contributed by atoms with Crippen molar-refractivity contribution in [1.82, 2.24) is 9.88 Å². The van der Waals surface area contributed by atoms with Crippen LogP contribution in [0.2, 0.25) is 0 Å². The second-order valence-electron chi connectivity index (χ2n) is 5.19. The van der Waals surface area contributed by atoms with E-state index in [4.69, 9.17) is 0 Å². The maximum absolute atomic E-state index is 12.7. The van der Waals surface area contributed by atoms with E-state index in [1.165, 1.54) is 6.42 Å². The lowest BCUT2D eigenvalue weighted by Gasteiger charge is -2.35. The molecule has 1 aromatic heterocycles. The maximum atomic E-state index is 12.7. The molecule has 1 N–H and O–H groups in total. The van der Waals surface area contributed by atoms with E-state index in [0.717, 1.165) is 42.9 Å². The fourth-order valence-electron chi connectivity index (χ4n) is 2.78. The van der Waals surface area contributed by atoms with Crippen LogP contribution in [0.15, 0.2) is 12.1 Å². The highest BCUT2D eigenvalue weighted by atomic mass is 16.2. The summed E-state index contributed by atoms with van der Waals surface area (Å²) in [4.78, 5) is 19.0. The number of nitrogens with one attached hydrogen (secondary N) is 1. The van der Waals surface area contributed by atoms with Gasteiger partial charge in [0.2, 0.25) is 0 Å². The molecule has 2 heterocycles. The van der Waals surface area contributed by atoms with Crippen LogP contribution < -0.4 is 5.32 Å². The quantitative estimate of drug-likeness (QED) is 0.910. The van der Waals surface area contributed by atoms with Crippen LogP contribution in [0, 0.1) is 6.92 Å². The molecule has 19 heavy (non-hydrogen) atoms. The van der Waals surface area contributed by atoms with Gasteiger partial charge in [0.25, 0.3) is 5.91 Å². The molecule has 104 valence electrons. The predicted octanol–water partition coefficient (Wildman–Crippen LogP) is 2.84. The van der Waals surface area contributed by atoms with Gasteiger partial charge >= 0.3 is 0 Å². The molecule has 0 aliphatic carbocycles. The Hall–Kier alpha value is -1.58. The van der Waals surface area contributed by atoms with E-state index in [0.29, 0.717) is 6.04 Å². The highest BCUT2D eigenvalue weighted by Crippen LogP contribution is 2.22. The zero-order valence-electron chi connectivity index (χ0n) is 12.1. The summed E-state index contributed by atoms with van der Waals surface area (Å²) in [7, 11) is 1.83. The van der Waals surface area contributed by atoms with E-state index in [-0.39, 0.29) is 5.91 Å². The highest BCUT2D eigenvalue weighted by Gasteiger charge is 2.26. The monoisotopic (exact) mass is 261 g/mol. The molecule has 1 aliphatic heterocycles. The maximum Gasteiger partial charge on any atom is 0.254 e. The van der Waals surface area contributed by atoms with E-state index >= 15 is 0 Å². The van der Waals surface area contributed by atoms with Crippen molar-refractivity contribution in [3.63, 3.8) is 0 Å². The van der Waals surface area contributed by atoms with Crippen molar-refractivity contribution in [3.8, 4) is 0 Å². The molecule has 1 aliphatic rings. The van der Waals surface area contributed by atoms with Gasteiger partial charge in [0, 0.05) is 30.9 Å². The van der Waals surface area contributed by atoms with Crippen molar-refractivity contribution in [2.24, 2.45) is 0 Å². The Morgan fingerprint density at radius 2 is 2.26 bits per heavy atom. The summed E-state index contributed by atoms with van der Waals surface area (Å²) in [5.74, 6) is 0.905. The molecule has 0 spiro atoms. The normalized spacial score (nSPS) is 19.3. The molecule has 1 aromatic rings. The molecule has 1 fully saturated rings. The Morgan fingerprint density at radius 1 is 1.47 bits per heavy atom. The minimum atomic E-state index is 0.147. The SMILES string of the molecule is CCC1CCCCN1C(=O)c1cc(C)nc(NC)c1. The molecule has 1 unspecified atom stereocenters. The van der Waals surface area contributed by atoms with Crippen LogP contribution in [0.25, 0.3) is 0 Å². The van der Waals surface area contributed by atoms with Crippen LogP contribution in [0.3, 0.4) is 0 Å². The number of nitrogens with zero attached hydrogens (tertiary/aromatic N) is 2. The highest BCUT2D eigenvalue weighted by molar-refractivity contribution is 5.95. The standard InChI is InChI=1S/C15H23N3O/c1-4-13-7-5-6-8-18(13)15(19)12-9-11(2)17-14(10-12)16-3/h9-10,13H,4-8H2,1-3H3,(H,16,17). The first kappa shape index (κ1) is 13.8. The molecule has 0 radical (unpaired) electrons. The Balaban J connectivity index is 2.24. The largest absolute Gasteiger partial charge is 0.373 e. The van der Waals surface area contributed by atoms with Crippen LogP contribution >= 0.6 is 0 Å². The molecule has 2 rings (SSSR count). The number of carbonyl (C=O) groups is 1. The predicted molar refractivity (Wildman–Crippen MR) is 77.5 cm³/mol. The third-order valence-corrected chi connectivity index (χ3v) is 3.82. The van der Waals surface area contributed by atoms with Crippen molar-refractivity contribution in [2.45, 2.75) is 45.6 Å². The van der Waals surface area contributed by atoms with E-state index in [2.05, 4.69) is 17.2 Å². The Morgan fingerprint density at radius 3 is 2.95 bits per heavy atom. The number of hydrogen-bond donors (Lipinski definition) is 1. The third-order valence-electron chi connectivity index (χ3n) is 3.82. The van der Waals surface area contributed by atoms with Crippen LogP contribution in [0.4, 0.5) is 5.82 Å². The first-order chi connectivity index (χ1) is 9.15. The van der Waals surface area contributed by atoms with Crippen LogP contribution in [0.1, 0.15) is 48.7 Å². The number of amides is 1. The first-order valence-corrected chi connectivity index (χ1v) is 7.13. The number of carbonyl (C=O) groups excluding carboxylic acids is 1. The molecule has 4 nitrogen and oxygen atoms in total. The average Bonchev–Trinajstić information content (AvgIpc) is 2.45. The molecule has 0 bridgehead atoms. The lowest BCUT2D eigenvalue weighted by Crippen LogP contribution is -2.43. The van der Waals surface area contributed by atoms with Gasteiger partial charge in [-0.2, -0.15) is 0 Å². The number of anilines is 1. The topological polar surface area (TPSA) is 45.2 Å². The van der Waals surface area contributed by atoms with E-state index in [1.54, 1.807) is 0 Å². The summed E-state index contributed by atoms with van der Waals surface area (Å²) in [6.45, 7) is 4.96. The lowest BCUT2D eigenvalue weighted by atomic mass is 9.99. The Bertz CT molecular complexity index is 459. The summed E-state index contributed by atoms with van der Waals surface area (Å²) in [5, 5.41) is 3.01. The average molecular weight is 261 g/mol. The number of aryl methyl sites for hydroxylation is 1. The van der Waals surface area contributed by atoms with Gasteiger partial charge in [-0.25, -0.2) is 4.98 Å². The Kier molecular flexibility index (Phi) is 4.40. The van der Waals surface area contributed by atoms with Crippen molar-refractivity contribution < 1.29 is 4.79 Å². The molecule has 4 heteroatoms. The van der Waals surface area contributed by atoms with Gasteiger partial charge in [-0.1, -0.05) is 6.92 Å². The molecule has 1 amide bonds. The van der Waals surface area contributed by atoms with Gasteiger partial charge in [-0.15, -0.1) is 0 Å². The van der Waals surface area contributed by atoms with Crippen molar-refractivity contribution >= 4 is 11.7 Å². The van der Waals surface area contributed by atoms with Crippen molar-refractivity contribution in [1.29, 1.82) is 0 Å². The zero-order valence-corrected chi connectivity index (χ0v) is 12.1. The van der Waals surface area contributed by atoms with Crippen molar-refractivity contribution in [3.05, 3.63) is 23.4 Å². The molecule has 0 aromatic carbocycles. The second kappa shape index (κ2) is 6.04. The van der Waals surface area contributed by atoms with Crippen LogP contribution in [-0.2, 0) is 0 Å². The van der Waals surface area contributed by atoms with Crippen LogP contribution in [-0.4, -0.2) is 35.4 Å². The first-order valence-electron chi connectivity index (χ1n) is 7.13. The summed E-state index contributed by atoms with van der Waals surface area (Å²) >= 11 is 0. The van der Waals surface area contributed by atoms with Gasteiger partial charge in [0.1, 0.15) is 5.82 Å². The summed E-state index contributed by atoms with van der Waals surface area (Å²) < 4.78 is 0. The molecule has 1 saturated heterocycles. The summed E-state index contributed by atoms with van der Waals surface area (Å²) in [6, 6.07) is 4.12. The van der Waals surface area contributed by atoms with E-state index in [9.17, 15) is 4.79 Å². The van der Waals surface area contributed by atoms with Crippen molar-refractivity contribution in [2.75, 3.05) is 18.9 Å². The van der Waals surface area contributed by atoms with E-state index in [1.807, 2.05) is 31.0 Å². The Labute approximate surface area is 115 Å². The number of aromatic nitrogens is 1. The molecule has 1 atom stereocenters. The number of piperidine rings is 1. The fraction of sp³-hybridized carbons (Fsp3) is 0.600. The minimum Gasteiger partial charge on any atom is -0.373 e. The zero-order chi connectivity index (χ0) is 13.8. The molecule has 0 saturated carbocycles. The van der Waals surface area contributed by atoms with Gasteiger partial charge in [-0.3, -0.25) is 4.79 Å². The smallest absolute Gasteiger partial charge is 0.254 e. The number of hydrogen-bond acceptors (Lipinski definition) is 3. The van der Waals surface area contributed by atoms with Gasteiger partial charge in [-0.05, 0) is 44.7 Å². The number of pyridine rings is 1. The second-order valence-corrected chi connectivity index (χ2v) is 5.19. The molecular weight excluding hydrogens is 238 g/mol. The number of likely N-dealkylation sites (tertiary alicyclic amines) is 1. The van der Waals surface area contributed by atoms with E-state index < -0.39 is 0 Å². The fourth-order valence-corrected chi connectivity index (χ4v) is 2.78. The van der Waals surface area contributed by atoms with Gasteiger partial charge in [0.15, 0.2) is 0 Å². The molecular formula is C15H23N3O. The summed E-state index contributed by atoms with van der Waals surface area (Å²) in [6.07, 6.45) is 4.52. The third kappa shape index (κ3) is 3.06. The number of rotatable bonds is 3. The van der Waals surface area contributed by atoms with Gasteiger partial charge < -0.3 is 10.2 Å². The lowest BCUT2D eigenvalue weighted by molar-refractivity contribution is 0.0608. The summed E-state index contributed by atoms with van der Waals surface area (Å²) in [5.41, 5.74) is 1.62. The van der Waals surface area contributed by atoms with Gasteiger partial charge in [0.05, 0.1) is 0 Å².